The normalized spacial score (nSPS) is 15.0. The third-order valence-electron chi connectivity index (χ3n) is 3.05. The molecule has 2 rings (SSSR count). The molecular weight excluding hydrogens is 285 g/mol. The van der Waals surface area contributed by atoms with E-state index in [1.54, 1.807) is 4.90 Å². The van der Waals surface area contributed by atoms with Crippen LogP contribution in [0.3, 0.4) is 0 Å². The van der Waals surface area contributed by atoms with Crippen LogP contribution in [0.15, 0.2) is 18.2 Å². The molecule has 7 heteroatoms. The zero-order valence-corrected chi connectivity index (χ0v) is 11.5. The zero-order valence-electron chi connectivity index (χ0n) is 10.8. The smallest absolute Gasteiger partial charge is 0.251 e. The molecule has 0 spiro atoms. The molecule has 0 unspecified atom stereocenters. The first-order valence-corrected chi connectivity index (χ1v) is 6.67. The first kappa shape index (κ1) is 14.7. The molecule has 0 aromatic heterocycles. The quantitative estimate of drug-likeness (QED) is 0.861. The fourth-order valence-electron chi connectivity index (χ4n) is 1.92. The maximum Gasteiger partial charge on any atom is 0.251 e. The van der Waals surface area contributed by atoms with Gasteiger partial charge < -0.3 is 15.5 Å². The molecule has 1 aromatic carbocycles. The fraction of sp³-hybridized carbons (Fsp3) is 0.385. The van der Waals surface area contributed by atoms with Crippen molar-refractivity contribution in [2.45, 2.75) is 0 Å². The second-order valence-corrected chi connectivity index (χ2v) is 4.85. The minimum atomic E-state index is -0.583. The Labute approximate surface area is 121 Å². The summed E-state index contributed by atoms with van der Waals surface area (Å²) in [6.07, 6.45) is 0. The van der Waals surface area contributed by atoms with E-state index in [1.807, 2.05) is 0 Å². The Kier molecular flexibility index (Phi) is 4.92. The lowest BCUT2D eigenvalue weighted by molar-refractivity contribution is -0.130. The number of rotatable bonds is 3. The molecule has 2 amide bonds. The number of hydrogen-bond acceptors (Lipinski definition) is 3. The van der Waals surface area contributed by atoms with Crippen LogP contribution in [0.4, 0.5) is 4.39 Å². The van der Waals surface area contributed by atoms with E-state index in [2.05, 4.69) is 10.6 Å². The van der Waals surface area contributed by atoms with E-state index < -0.39 is 11.7 Å². The van der Waals surface area contributed by atoms with Gasteiger partial charge in [-0.15, -0.1) is 0 Å². The van der Waals surface area contributed by atoms with E-state index in [-0.39, 0.29) is 23.0 Å². The molecule has 5 nitrogen and oxygen atoms in total. The number of nitrogens with one attached hydrogen (secondary N) is 2. The Morgan fingerprint density at radius 3 is 2.70 bits per heavy atom. The van der Waals surface area contributed by atoms with Gasteiger partial charge in [0.25, 0.3) is 5.91 Å². The molecule has 1 aromatic rings. The summed E-state index contributed by atoms with van der Waals surface area (Å²) in [5.74, 6) is -1.16. The molecule has 0 aliphatic carbocycles. The first-order valence-electron chi connectivity index (χ1n) is 6.29. The molecular formula is C13H15ClFN3O2. The number of carbonyl (C=O) groups is 2. The van der Waals surface area contributed by atoms with Crippen LogP contribution in [0.2, 0.25) is 5.02 Å². The lowest BCUT2D eigenvalue weighted by Crippen LogP contribution is -2.49. The summed E-state index contributed by atoms with van der Waals surface area (Å²) in [5.41, 5.74) is 0.226. The Morgan fingerprint density at radius 1 is 1.35 bits per heavy atom. The van der Waals surface area contributed by atoms with Crippen molar-refractivity contribution in [1.82, 2.24) is 15.5 Å². The highest BCUT2D eigenvalue weighted by molar-refractivity contribution is 6.31. The molecule has 1 fully saturated rings. The van der Waals surface area contributed by atoms with Gasteiger partial charge in [-0.1, -0.05) is 11.6 Å². The van der Waals surface area contributed by atoms with Crippen molar-refractivity contribution in [3.8, 4) is 0 Å². The van der Waals surface area contributed by atoms with Crippen molar-refractivity contribution in [1.29, 1.82) is 0 Å². The predicted molar refractivity (Wildman–Crippen MR) is 73.2 cm³/mol. The van der Waals surface area contributed by atoms with Gasteiger partial charge in [-0.3, -0.25) is 9.59 Å². The van der Waals surface area contributed by atoms with Crippen molar-refractivity contribution < 1.29 is 14.0 Å². The van der Waals surface area contributed by atoms with Crippen LogP contribution in [-0.4, -0.2) is 49.4 Å². The van der Waals surface area contributed by atoms with Crippen molar-refractivity contribution >= 4 is 23.4 Å². The molecule has 1 saturated heterocycles. The number of benzene rings is 1. The van der Waals surface area contributed by atoms with Gasteiger partial charge in [-0.05, 0) is 18.2 Å². The van der Waals surface area contributed by atoms with Crippen molar-refractivity contribution in [2.24, 2.45) is 0 Å². The second kappa shape index (κ2) is 6.67. The van der Waals surface area contributed by atoms with Crippen LogP contribution in [-0.2, 0) is 4.79 Å². The Bertz CT molecular complexity index is 518. The highest BCUT2D eigenvalue weighted by Crippen LogP contribution is 2.15. The maximum absolute atomic E-state index is 13.0. The summed E-state index contributed by atoms with van der Waals surface area (Å²) in [6, 6.07) is 3.68. The molecule has 0 radical (unpaired) electrons. The number of hydrogen-bond donors (Lipinski definition) is 2. The zero-order chi connectivity index (χ0) is 14.5. The van der Waals surface area contributed by atoms with Gasteiger partial charge in [-0.25, -0.2) is 4.39 Å². The van der Waals surface area contributed by atoms with E-state index in [1.165, 1.54) is 12.1 Å². The fourth-order valence-corrected chi connectivity index (χ4v) is 2.10. The summed E-state index contributed by atoms with van der Waals surface area (Å²) in [5, 5.41) is 5.53. The second-order valence-electron chi connectivity index (χ2n) is 4.44. The summed E-state index contributed by atoms with van der Waals surface area (Å²) >= 11 is 5.61. The minimum Gasteiger partial charge on any atom is -0.343 e. The van der Waals surface area contributed by atoms with Gasteiger partial charge in [0.1, 0.15) is 5.82 Å². The van der Waals surface area contributed by atoms with Crippen LogP contribution in [0.5, 0.6) is 0 Å². The summed E-state index contributed by atoms with van der Waals surface area (Å²) in [7, 11) is 0. The molecule has 1 aliphatic heterocycles. The highest BCUT2D eigenvalue weighted by Gasteiger charge is 2.17. The van der Waals surface area contributed by atoms with E-state index in [9.17, 15) is 14.0 Å². The number of halogens is 2. The Morgan fingerprint density at radius 2 is 2.05 bits per heavy atom. The van der Waals surface area contributed by atoms with Crippen molar-refractivity contribution in [2.75, 3.05) is 32.7 Å². The van der Waals surface area contributed by atoms with E-state index >= 15 is 0 Å². The third kappa shape index (κ3) is 3.68. The topological polar surface area (TPSA) is 61.4 Å². The predicted octanol–water partition coefficient (Wildman–Crippen LogP) is 0.641. The monoisotopic (exact) mass is 299 g/mol. The molecule has 0 atom stereocenters. The van der Waals surface area contributed by atoms with Crippen molar-refractivity contribution in [3.05, 3.63) is 34.6 Å². The lowest BCUT2D eigenvalue weighted by Gasteiger charge is -2.27. The first-order chi connectivity index (χ1) is 9.58. The molecule has 0 bridgehead atoms. The number of amides is 2. The standard InChI is InChI=1S/C13H15ClFN3O2/c14-10-7-9(1-2-11(10)15)13(20)17-8-12(19)18-5-3-16-4-6-18/h1-2,7,16H,3-6,8H2,(H,17,20). The van der Waals surface area contributed by atoms with Crippen LogP contribution < -0.4 is 10.6 Å². The number of nitrogens with zero attached hydrogens (tertiary/aromatic N) is 1. The minimum absolute atomic E-state index is 0.0756. The maximum atomic E-state index is 13.0. The Hall–Kier alpha value is -1.66. The third-order valence-corrected chi connectivity index (χ3v) is 3.34. The molecule has 1 aliphatic rings. The van der Waals surface area contributed by atoms with Crippen LogP contribution in [0, 0.1) is 5.82 Å². The van der Waals surface area contributed by atoms with Crippen LogP contribution in [0.1, 0.15) is 10.4 Å². The molecule has 0 saturated carbocycles. The van der Waals surface area contributed by atoms with Gasteiger partial charge in [0.2, 0.25) is 5.91 Å². The molecule has 20 heavy (non-hydrogen) atoms. The SMILES string of the molecule is O=C(NCC(=O)N1CCNCC1)c1ccc(F)c(Cl)c1. The van der Waals surface area contributed by atoms with Gasteiger partial charge in [0.15, 0.2) is 0 Å². The van der Waals surface area contributed by atoms with E-state index in [0.29, 0.717) is 13.1 Å². The van der Waals surface area contributed by atoms with Gasteiger partial charge in [-0.2, -0.15) is 0 Å². The number of piperazine rings is 1. The molecule has 1 heterocycles. The van der Waals surface area contributed by atoms with Gasteiger partial charge in [0, 0.05) is 31.7 Å². The largest absolute Gasteiger partial charge is 0.343 e. The van der Waals surface area contributed by atoms with E-state index in [0.717, 1.165) is 19.2 Å². The average Bonchev–Trinajstić information content (AvgIpc) is 2.48. The molecule has 108 valence electrons. The lowest BCUT2D eigenvalue weighted by atomic mass is 10.2. The van der Waals surface area contributed by atoms with Crippen LogP contribution in [0.25, 0.3) is 0 Å². The van der Waals surface area contributed by atoms with Gasteiger partial charge in [0.05, 0.1) is 11.6 Å². The van der Waals surface area contributed by atoms with Crippen molar-refractivity contribution in [3.63, 3.8) is 0 Å². The van der Waals surface area contributed by atoms with Gasteiger partial charge >= 0.3 is 0 Å². The van der Waals surface area contributed by atoms with E-state index in [4.69, 9.17) is 11.6 Å². The summed E-state index contributed by atoms with van der Waals surface area (Å²) < 4.78 is 13.0. The Balaban J connectivity index is 1.88. The summed E-state index contributed by atoms with van der Waals surface area (Å²) in [6.45, 7) is 2.71. The average molecular weight is 300 g/mol. The van der Waals surface area contributed by atoms with Crippen LogP contribution >= 0.6 is 11.6 Å². The molecule has 2 N–H and O–H groups in total. The number of carbonyl (C=O) groups excluding carboxylic acids is 2. The highest BCUT2D eigenvalue weighted by atomic mass is 35.5. The summed E-state index contributed by atoms with van der Waals surface area (Å²) in [4.78, 5) is 25.4.